The highest BCUT2D eigenvalue weighted by atomic mass is 19.4. The number of anilines is 1. The third kappa shape index (κ3) is 7.89. The number of ether oxygens (including phenoxy) is 2. The lowest BCUT2D eigenvalue weighted by atomic mass is 9.94. The lowest BCUT2D eigenvalue weighted by Gasteiger charge is -2.31. The number of nitrogens with one attached hydrogen (secondary N) is 1. The van der Waals surface area contributed by atoms with E-state index in [9.17, 15) is 13.2 Å². The van der Waals surface area contributed by atoms with E-state index in [0.29, 0.717) is 12.5 Å². The molecule has 0 saturated carbocycles. The fourth-order valence-electron chi connectivity index (χ4n) is 3.86. The molecule has 0 aliphatic carbocycles. The number of carbonyl (C=O) groups is 1. The van der Waals surface area contributed by atoms with Crippen LogP contribution in [0.3, 0.4) is 0 Å². The van der Waals surface area contributed by atoms with Gasteiger partial charge < -0.3 is 19.9 Å². The molecule has 2 aliphatic rings. The van der Waals surface area contributed by atoms with Crippen LogP contribution in [0.5, 0.6) is 0 Å². The van der Waals surface area contributed by atoms with Crippen molar-refractivity contribution in [2.24, 2.45) is 5.92 Å². The molecule has 0 aromatic carbocycles. The van der Waals surface area contributed by atoms with Crippen LogP contribution in [0.2, 0.25) is 0 Å². The molecule has 9 nitrogen and oxygen atoms in total. The maximum Gasteiger partial charge on any atom is 0.490 e. The summed E-state index contributed by atoms with van der Waals surface area (Å²) >= 11 is 0. The van der Waals surface area contributed by atoms with Gasteiger partial charge in [0.2, 0.25) is 0 Å². The van der Waals surface area contributed by atoms with Gasteiger partial charge in [-0.05, 0) is 37.6 Å². The van der Waals surface area contributed by atoms with Crippen LogP contribution in [0.1, 0.15) is 17.8 Å². The monoisotopic (exact) mass is 483 g/mol. The van der Waals surface area contributed by atoms with Crippen LogP contribution in [0, 0.1) is 12.8 Å². The third-order valence-electron chi connectivity index (χ3n) is 5.44. The number of hydrogen-bond donors (Lipinski definition) is 2. The summed E-state index contributed by atoms with van der Waals surface area (Å²) in [5.74, 6) is -1.51. The predicted molar refractivity (Wildman–Crippen MR) is 116 cm³/mol. The van der Waals surface area contributed by atoms with E-state index in [0.717, 1.165) is 63.0 Å². The number of aliphatic carboxylic acids is 1. The molecule has 2 unspecified atom stereocenters. The number of alkyl halides is 3. The molecule has 2 saturated heterocycles. The van der Waals surface area contributed by atoms with Crippen molar-refractivity contribution in [2.75, 3.05) is 44.8 Å². The Morgan fingerprint density at radius 3 is 2.74 bits per heavy atom. The first-order chi connectivity index (χ1) is 16.2. The van der Waals surface area contributed by atoms with Crippen molar-refractivity contribution < 1.29 is 32.5 Å². The summed E-state index contributed by atoms with van der Waals surface area (Å²) < 4.78 is 43.9. The van der Waals surface area contributed by atoms with E-state index < -0.39 is 12.1 Å². The summed E-state index contributed by atoms with van der Waals surface area (Å²) in [6, 6.07) is 10.00. The summed E-state index contributed by atoms with van der Waals surface area (Å²) in [5.41, 5.74) is 1.78. The van der Waals surface area contributed by atoms with Crippen molar-refractivity contribution in [3.8, 4) is 0 Å². The van der Waals surface area contributed by atoms with Crippen molar-refractivity contribution in [1.82, 2.24) is 20.1 Å². The quantitative estimate of drug-likeness (QED) is 0.663. The van der Waals surface area contributed by atoms with E-state index in [-0.39, 0.29) is 5.60 Å². The molecule has 0 radical (unpaired) electrons. The predicted octanol–water partition coefficient (Wildman–Crippen LogP) is 2.53. The fraction of sp³-hybridized carbons (Fsp3) is 0.545. The number of carboxylic acids is 1. The summed E-state index contributed by atoms with van der Waals surface area (Å²) in [6.45, 7) is 7.53. The summed E-state index contributed by atoms with van der Waals surface area (Å²) in [7, 11) is 0. The molecule has 2 atom stereocenters. The summed E-state index contributed by atoms with van der Waals surface area (Å²) in [6.07, 6.45) is -2.25. The van der Waals surface area contributed by atoms with Crippen molar-refractivity contribution in [3.05, 3.63) is 47.9 Å². The zero-order valence-corrected chi connectivity index (χ0v) is 18.8. The average molecular weight is 483 g/mol. The first kappa shape index (κ1) is 25.8. The van der Waals surface area contributed by atoms with Crippen molar-refractivity contribution >= 4 is 11.8 Å². The number of aromatic nitrogens is 3. The normalized spacial score (nSPS) is 23.1. The minimum Gasteiger partial charge on any atom is -0.475 e. The lowest BCUT2D eigenvalue weighted by molar-refractivity contribution is -0.192. The van der Waals surface area contributed by atoms with Crippen molar-refractivity contribution in [1.29, 1.82) is 0 Å². The van der Waals surface area contributed by atoms with Gasteiger partial charge in [-0.3, -0.25) is 9.88 Å². The molecule has 2 aromatic rings. The molecular weight excluding hydrogens is 455 g/mol. The average Bonchev–Trinajstić information content (AvgIpc) is 3.08. The molecule has 2 aromatic heterocycles. The Kier molecular flexibility index (Phi) is 8.75. The number of aryl methyl sites for hydroxylation is 1. The Morgan fingerprint density at radius 1 is 1.29 bits per heavy atom. The minimum atomic E-state index is -5.08. The van der Waals surface area contributed by atoms with Gasteiger partial charge in [-0.1, -0.05) is 6.07 Å². The molecule has 2 aliphatic heterocycles. The second-order valence-electron chi connectivity index (χ2n) is 8.39. The first-order valence-electron chi connectivity index (χ1n) is 10.8. The van der Waals surface area contributed by atoms with Crippen LogP contribution >= 0.6 is 0 Å². The minimum absolute atomic E-state index is 0.226. The van der Waals surface area contributed by atoms with Crippen LogP contribution in [-0.2, 0) is 20.8 Å². The van der Waals surface area contributed by atoms with Gasteiger partial charge in [-0.15, -0.1) is 5.10 Å². The molecule has 186 valence electrons. The van der Waals surface area contributed by atoms with Gasteiger partial charge in [0.25, 0.3) is 0 Å². The van der Waals surface area contributed by atoms with Gasteiger partial charge in [0.15, 0.2) is 0 Å². The second kappa shape index (κ2) is 11.5. The molecular formula is C22H28F3N5O4. The summed E-state index contributed by atoms with van der Waals surface area (Å²) in [4.78, 5) is 15.8. The van der Waals surface area contributed by atoms with Crippen molar-refractivity contribution in [2.45, 2.75) is 31.7 Å². The van der Waals surface area contributed by atoms with E-state index >= 15 is 0 Å². The van der Waals surface area contributed by atoms with E-state index in [1.165, 1.54) is 0 Å². The van der Waals surface area contributed by atoms with Crippen LogP contribution in [0.4, 0.5) is 19.0 Å². The highest BCUT2D eigenvalue weighted by molar-refractivity contribution is 5.73. The fourth-order valence-corrected chi connectivity index (χ4v) is 3.86. The van der Waals surface area contributed by atoms with Gasteiger partial charge in [0.1, 0.15) is 11.4 Å². The number of rotatable bonds is 5. The summed E-state index contributed by atoms with van der Waals surface area (Å²) in [5, 5.41) is 18.8. The number of hydrogen-bond acceptors (Lipinski definition) is 8. The van der Waals surface area contributed by atoms with Crippen LogP contribution < -0.4 is 5.32 Å². The lowest BCUT2D eigenvalue weighted by Crippen LogP contribution is -2.44. The number of pyridine rings is 1. The molecule has 1 spiro atoms. The van der Waals surface area contributed by atoms with Crippen LogP contribution in [-0.4, -0.2) is 82.4 Å². The second-order valence-corrected chi connectivity index (χ2v) is 8.39. The number of halogens is 3. The van der Waals surface area contributed by atoms with Gasteiger partial charge >= 0.3 is 12.1 Å². The number of carboxylic acid groups (broad SMARTS) is 1. The van der Waals surface area contributed by atoms with E-state index in [1.807, 2.05) is 37.4 Å². The Morgan fingerprint density at radius 2 is 2.09 bits per heavy atom. The smallest absolute Gasteiger partial charge is 0.475 e. The highest BCUT2D eigenvalue weighted by Gasteiger charge is 2.43. The maximum atomic E-state index is 10.6. The van der Waals surface area contributed by atoms with E-state index in [1.54, 1.807) is 0 Å². The van der Waals surface area contributed by atoms with Crippen LogP contribution in [0.15, 0.2) is 36.5 Å². The Labute approximate surface area is 195 Å². The zero-order valence-electron chi connectivity index (χ0n) is 18.8. The Bertz CT molecular complexity index is 917. The van der Waals surface area contributed by atoms with E-state index in [4.69, 9.17) is 19.4 Å². The molecule has 0 amide bonds. The largest absolute Gasteiger partial charge is 0.490 e. The molecule has 4 heterocycles. The zero-order chi connectivity index (χ0) is 24.6. The van der Waals surface area contributed by atoms with Crippen molar-refractivity contribution in [3.63, 3.8) is 0 Å². The maximum absolute atomic E-state index is 10.6. The number of nitrogens with zero attached hydrogens (tertiary/aromatic N) is 4. The molecule has 4 rings (SSSR count). The van der Waals surface area contributed by atoms with E-state index in [2.05, 4.69) is 31.5 Å². The highest BCUT2D eigenvalue weighted by Crippen LogP contribution is 2.33. The molecule has 12 heteroatoms. The molecule has 2 N–H and O–H groups in total. The standard InChI is InChI=1S/C20H27N5O2.C2HF3O2/c1-16-5-6-19(24-23-16)22-11-17-10-20(27-13-17)14-25(8-9-26-15-20)12-18-4-2-3-7-21-18;3-2(4,5)1(6)7/h2-7,17H,8-15H2,1H3,(H,22,24);(H,6,7). The van der Waals surface area contributed by atoms with Gasteiger partial charge in [0, 0.05) is 38.3 Å². The van der Waals surface area contributed by atoms with Gasteiger partial charge in [-0.25, -0.2) is 4.79 Å². The van der Waals surface area contributed by atoms with Crippen LogP contribution in [0.25, 0.3) is 0 Å². The SMILES string of the molecule is Cc1ccc(NCC2COC3(COCCN(Cc4ccccn4)C3)C2)nn1.O=C(O)C(F)(F)F. The van der Waals surface area contributed by atoms with Gasteiger partial charge in [-0.2, -0.15) is 18.3 Å². The third-order valence-corrected chi connectivity index (χ3v) is 5.44. The molecule has 0 bridgehead atoms. The Balaban J connectivity index is 0.000000406. The van der Waals surface area contributed by atoms with Gasteiger partial charge in [0.05, 0.1) is 31.2 Å². The first-order valence-corrected chi connectivity index (χ1v) is 10.8. The Hall–Kier alpha value is -2.83. The molecule has 2 fully saturated rings. The molecule has 34 heavy (non-hydrogen) atoms. The topological polar surface area (TPSA) is 110 Å².